The summed E-state index contributed by atoms with van der Waals surface area (Å²) in [6.07, 6.45) is 1.89. The number of aryl methyl sites for hydroxylation is 1. The molecule has 0 N–H and O–H groups in total. The van der Waals surface area contributed by atoms with Crippen molar-refractivity contribution in [3.05, 3.63) is 90.3 Å². The molecule has 0 aliphatic rings. The maximum absolute atomic E-state index is 12.7. The molecule has 0 atom stereocenters. The molecule has 4 aromatic rings. The van der Waals surface area contributed by atoms with Gasteiger partial charge in [-0.1, -0.05) is 48.5 Å². The van der Waals surface area contributed by atoms with Crippen LogP contribution in [0.3, 0.4) is 0 Å². The maximum atomic E-state index is 12.7. The highest BCUT2D eigenvalue weighted by molar-refractivity contribution is 5.94. The number of benzene rings is 2. The van der Waals surface area contributed by atoms with E-state index in [1.807, 2.05) is 90.6 Å². The van der Waals surface area contributed by atoms with E-state index in [0.29, 0.717) is 11.7 Å². The molecule has 2 aromatic heterocycles. The minimum atomic E-state index is -0.513. The Labute approximate surface area is 156 Å². The molecule has 0 aliphatic heterocycles. The van der Waals surface area contributed by atoms with Crippen molar-refractivity contribution in [2.75, 3.05) is 0 Å². The van der Waals surface area contributed by atoms with E-state index in [9.17, 15) is 4.79 Å². The van der Waals surface area contributed by atoms with Crippen molar-refractivity contribution >= 4 is 5.97 Å². The Morgan fingerprint density at radius 1 is 1.00 bits per heavy atom. The summed E-state index contributed by atoms with van der Waals surface area (Å²) in [4.78, 5) is 17.2. The first kappa shape index (κ1) is 16.8. The van der Waals surface area contributed by atoms with Gasteiger partial charge < -0.3 is 13.7 Å². The second-order valence-electron chi connectivity index (χ2n) is 6.13. The average Bonchev–Trinajstić information content (AvgIpc) is 3.34. The molecule has 0 spiro atoms. The zero-order valence-electron chi connectivity index (χ0n) is 14.8. The third-order valence-electron chi connectivity index (χ3n) is 4.23. The van der Waals surface area contributed by atoms with Crippen LogP contribution < -0.4 is 0 Å². The Morgan fingerprint density at radius 3 is 2.37 bits per heavy atom. The summed E-state index contributed by atoms with van der Waals surface area (Å²) in [5.41, 5.74) is 2.65. The van der Waals surface area contributed by atoms with Gasteiger partial charge in [0.1, 0.15) is 6.61 Å². The largest absolute Gasteiger partial charge is 0.456 e. The van der Waals surface area contributed by atoms with Gasteiger partial charge in [-0.3, -0.25) is 0 Å². The lowest BCUT2D eigenvalue weighted by Gasteiger charge is -2.05. The molecule has 0 aliphatic carbocycles. The van der Waals surface area contributed by atoms with Gasteiger partial charge in [0.05, 0.1) is 5.69 Å². The average molecular weight is 358 g/mol. The van der Waals surface area contributed by atoms with Crippen LogP contribution in [0.4, 0.5) is 0 Å². The van der Waals surface area contributed by atoms with Gasteiger partial charge in [-0.2, -0.15) is 0 Å². The third kappa shape index (κ3) is 3.53. The van der Waals surface area contributed by atoms with Crippen LogP contribution in [0.25, 0.3) is 22.9 Å². The SMILES string of the molecule is Cn1cccc1-c1oc(-c2ccccc2)nc1C(=O)OCc1ccccc1. The van der Waals surface area contributed by atoms with Gasteiger partial charge >= 0.3 is 5.97 Å². The molecule has 0 saturated carbocycles. The van der Waals surface area contributed by atoms with Crippen LogP contribution in [0, 0.1) is 0 Å². The van der Waals surface area contributed by atoms with Crippen molar-refractivity contribution in [3.8, 4) is 22.9 Å². The van der Waals surface area contributed by atoms with Crippen LogP contribution in [-0.2, 0) is 18.4 Å². The molecule has 0 unspecified atom stereocenters. The molecule has 0 saturated heterocycles. The Kier molecular flexibility index (Phi) is 4.58. The molecule has 0 radical (unpaired) electrons. The summed E-state index contributed by atoms with van der Waals surface area (Å²) < 4.78 is 13.3. The summed E-state index contributed by atoms with van der Waals surface area (Å²) in [7, 11) is 1.89. The lowest BCUT2D eigenvalue weighted by atomic mass is 10.2. The normalized spacial score (nSPS) is 10.7. The van der Waals surface area contributed by atoms with Crippen molar-refractivity contribution in [1.29, 1.82) is 0 Å². The summed E-state index contributed by atoms with van der Waals surface area (Å²) >= 11 is 0. The molecule has 5 nitrogen and oxygen atoms in total. The zero-order valence-corrected chi connectivity index (χ0v) is 14.8. The number of hydrogen-bond donors (Lipinski definition) is 0. The van der Waals surface area contributed by atoms with E-state index < -0.39 is 5.97 Å². The number of aromatic nitrogens is 2. The van der Waals surface area contributed by atoms with Crippen molar-refractivity contribution in [1.82, 2.24) is 9.55 Å². The fraction of sp³-hybridized carbons (Fsp3) is 0.0909. The molecular formula is C22H18N2O3. The number of carbonyl (C=O) groups is 1. The van der Waals surface area contributed by atoms with Crippen molar-refractivity contribution < 1.29 is 13.9 Å². The minimum Gasteiger partial charge on any atom is -0.456 e. The topological polar surface area (TPSA) is 57.3 Å². The number of ether oxygens (including phenoxy) is 1. The van der Waals surface area contributed by atoms with E-state index in [1.54, 1.807) is 0 Å². The van der Waals surface area contributed by atoms with Crippen LogP contribution in [0.15, 0.2) is 83.4 Å². The van der Waals surface area contributed by atoms with Crippen molar-refractivity contribution in [2.45, 2.75) is 6.61 Å². The van der Waals surface area contributed by atoms with Crippen molar-refractivity contribution in [3.63, 3.8) is 0 Å². The molecule has 0 amide bonds. The van der Waals surface area contributed by atoms with Crippen LogP contribution in [0.5, 0.6) is 0 Å². The first-order chi connectivity index (χ1) is 13.2. The summed E-state index contributed by atoms with van der Waals surface area (Å²) in [6.45, 7) is 0.180. The first-order valence-corrected chi connectivity index (χ1v) is 8.61. The van der Waals surface area contributed by atoms with Gasteiger partial charge in [-0.05, 0) is 29.8 Å². The second-order valence-corrected chi connectivity index (χ2v) is 6.13. The lowest BCUT2D eigenvalue weighted by Crippen LogP contribution is -2.08. The van der Waals surface area contributed by atoms with E-state index >= 15 is 0 Å². The third-order valence-corrected chi connectivity index (χ3v) is 4.23. The highest BCUT2D eigenvalue weighted by atomic mass is 16.5. The van der Waals surface area contributed by atoms with Crippen LogP contribution in [-0.4, -0.2) is 15.5 Å². The zero-order chi connectivity index (χ0) is 18.6. The quantitative estimate of drug-likeness (QED) is 0.485. The van der Waals surface area contributed by atoms with Crippen LogP contribution in [0.2, 0.25) is 0 Å². The number of esters is 1. The Morgan fingerprint density at radius 2 is 1.70 bits per heavy atom. The smallest absolute Gasteiger partial charge is 0.361 e. The summed E-state index contributed by atoms with van der Waals surface area (Å²) in [5, 5.41) is 0. The molecule has 0 fully saturated rings. The van der Waals surface area contributed by atoms with Crippen LogP contribution in [0.1, 0.15) is 16.1 Å². The van der Waals surface area contributed by atoms with Crippen LogP contribution >= 0.6 is 0 Å². The van der Waals surface area contributed by atoms with Gasteiger partial charge in [0, 0.05) is 18.8 Å². The molecule has 27 heavy (non-hydrogen) atoms. The molecule has 134 valence electrons. The molecule has 5 heteroatoms. The fourth-order valence-corrected chi connectivity index (χ4v) is 2.82. The predicted molar refractivity (Wildman–Crippen MR) is 102 cm³/mol. The predicted octanol–water partition coefficient (Wildman–Crippen LogP) is 4.70. The van der Waals surface area contributed by atoms with Crippen molar-refractivity contribution in [2.24, 2.45) is 7.05 Å². The lowest BCUT2D eigenvalue weighted by molar-refractivity contribution is 0.0467. The first-order valence-electron chi connectivity index (χ1n) is 8.61. The van der Waals surface area contributed by atoms with E-state index in [4.69, 9.17) is 9.15 Å². The minimum absolute atomic E-state index is 0.173. The Hall–Kier alpha value is -3.60. The number of nitrogens with zero attached hydrogens (tertiary/aromatic N) is 2. The van der Waals surface area contributed by atoms with Gasteiger partial charge in [-0.25, -0.2) is 9.78 Å². The van der Waals surface area contributed by atoms with Gasteiger partial charge in [0.25, 0.3) is 0 Å². The number of rotatable bonds is 5. The number of hydrogen-bond acceptors (Lipinski definition) is 4. The highest BCUT2D eigenvalue weighted by Gasteiger charge is 2.25. The van der Waals surface area contributed by atoms with E-state index in [0.717, 1.165) is 16.8 Å². The van der Waals surface area contributed by atoms with Gasteiger partial charge in [0.2, 0.25) is 5.89 Å². The van der Waals surface area contributed by atoms with E-state index in [2.05, 4.69) is 4.98 Å². The monoisotopic (exact) mass is 358 g/mol. The molecule has 2 aromatic carbocycles. The maximum Gasteiger partial charge on any atom is 0.361 e. The van der Waals surface area contributed by atoms with E-state index in [1.165, 1.54) is 0 Å². The second kappa shape index (κ2) is 7.33. The molecule has 2 heterocycles. The number of oxazole rings is 1. The molecular weight excluding hydrogens is 340 g/mol. The highest BCUT2D eigenvalue weighted by Crippen LogP contribution is 2.30. The Bertz CT molecular complexity index is 1050. The molecule has 4 rings (SSSR count). The molecule has 0 bridgehead atoms. The Balaban J connectivity index is 1.68. The van der Waals surface area contributed by atoms with Gasteiger partial charge in [0.15, 0.2) is 11.5 Å². The summed E-state index contributed by atoms with van der Waals surface area (Å²) in [5.74, 6) is 0.277. The fourth-order valence-electron chi connectivity index (χ4n) is 2.82. The standard InChI is InChI=1S/C22H18N2O3/c1-24-14-8-13-18(24)20-19(22(25)26-15-16-9-4-2-5-10-16)23-21(27-20)17-11-6-3-7-12-17/h2-14H,15H2,1H3. The van der Waals surface area contributed by atoms with Gasteiger partial charge in [-0.15, -0.1) is 0 Å². The van der Waals surface area contributed by atoms with E-state index in [-0.39, 0.29) is 12.3 Å². The number of carbonyl (C=O) groups excluding carboxylic acids is 1. The summed E-state index contributed by atoms with van der Waals surface area (Å²) in [6, 6.07) is 22.8.